The molecule has 0 spiro atoms. The molecule has 2 fully saturated rings. The minimum absolute atomic E-state index is 0.0150. The van der Waals surface area contributed by atoms with E-state index in [9.17, 15) is 5.11 Å². The van der Waals surface area contributed by atoms with Crippen molar-refractivity contribution in [3.8, 4) is 0 Å². The van der Waals surface area contributed by atoms with Crippen molar-refractivity contribution in [1.82, 2.24) is 4.90 Å². The molecule has 2 nitrogen and oxygen atoms in total. The first-order valence-electron chi connectivity index (χ1n) is 6.60. The fourth-order valence-corrected chi connectivity index (χ4v) is 3.22. The second-order valence-electron chi connectivity index (χ2n) is 5.69. The summed E-state index contributed by atoms with van der Waals surface area (Å²) in [4.78, 5) is 2.71. The van der Waals surface area contributed by atoms with E-state index in [1.54, 1.807) is 0 Å². The Kier molecular flexibility index (Phi) is 3.68. The lowest BCUT2D eigenvalue weighted by Crippen LogP contribution is -2.48. The summed E-state index contributed by atoms with van der Waals surface area (Å²) in [6.45, 7) is 6.02. The number of hydrogen-bond donors (Lipinski definition) is 1. The van der Waals surface area contributed by atoms with Crippen LogP contribution in [0.3, 0.4) is 0 Å². The normalized spacial score (nSPS) is 44.2. The van der Waals surface area contributed by atoms with Gasteiger partial charge in [-0.1, -0.05) is 6.92 Å². The minimum Gasteiger partial charge on any atom is -0.393 e. The molecule has 0 aromatic rings. The van der Waals surface area contributed by atoms with Crippen molar-refractivity contribution >= 4 is 0 Å². The molecule has 0 radical (unpaired) electrons. The van der Waals surface area contributed by atoms with Crippen LogP contribution in [0.2, 0.25) is 0 Å². The summed E-state index contributed by atoms with van der Waals surface area (Å²) in [7, 11) is 0. The van der Waals surface area contributed by atoms with Gasteiger partial charge in [-0.05, 0) is 51.4 Å². The van der Waals surface area contributed by atoms with E-state index in [-0.39, 0.29) is 6.10 Å². The third kappa shape index (κ3) is 2.73. The smallest absolute Gasteiger partial charge is 0.0541 e. The molecular formula is C13H25NO. The summed E-state index contributed by atoms with van der Waals surface area (Å²) in [6, 6.07) is 1.52. The van der Waals surface area contributed by atoms with E-state index in [1.165, 1.54) is 32.2 Å². The van der Waals surface area contributed by atoms with Crippen LogP contribution in [-0.4, -0.2) is 34.7 Å². The first kappa shape index (κ1) is 11.4. The van der Waals surface area contributed by atoms with Crippen LogP contribution >= 0.6 is 0 Å². The number of nitrogens with zero attached hydrogens (tertiary/aromatic N) is 1. The SMILES string of the molecule is CC1CCC(C)N(C2CCC(O)CC2)C1. The molecule has 1 N–H and O–H groups in total. The zero-order valence-corrected chi connectivity index (χ0v) is 10.2. The standard InChI is InChI=1S/C13H25NO/c1-10-3-4-11(2)14(9-10)12-5-7-13(15)8-6-12/h10-13,15H,3-9H2,1-2H3. The number of aliphatic hydroxyl groups excluding tert-OH is 1. The molecule has 2 unspecified atom stereocenters. The maximum absolute atomic E-state index is 9.52. The third-order valence-electron chi connectivity index (χ3n) is 4.30. The summed E-state index contributed by atoms with van der Waals surface area (Å²) in [6.07, 6.45) is 7.19. The first-order valence-corrected chi connectivity index (χ1v) is 6.60. The van der Waals surface area contributed by atoms with Crippen molar-refractivity contribution in [3.63, 3.8) is 0 Å². The Labute approximate surface area is 93.7 Å². The van der Waals surface area contributed by atoms with Gasteiger partial charge in [0, 0.05) is 18.6 Å². The molecule has 2 atom stereocenters. The number of hydrogen-bond acceptors (Lipinski definition) is 2. The average Bonchev–Trinajstić information content (AvgIpc) is 2.23. The molecule has 2 aliphatic rings. The van der Waals surface area contributed by atoms with E-state index < -0.39 is 0 Å². The molecule has 1 saturated carbocycles. The minimum atomic E-state index is -0.0150. The van der Waals surface area contributed by atoms with Gasteiger partial charge in [0.1, 0.15) is 0 Å². The lowest BCUT2D eigenvalue weighted by Gasteiger charge is -2.44. The first-order chi connectivity index (χ1) is 7.16. The predicted octanol–water partition coefficient (Wildman–Crippen LogP) is 2.41. The maximum Gasteiger partial charge on any atom is 0.0541 e. The van der Waals surface area contributed by atoms with Crippen LogP contribution in [0.4, 0.5) is 0 Å². The lowest BCUT2D eigenvalue weighted by molar-refractivity contribution is 0.0269. The Balaban J connectivity index is 1.90. The number of likely N-dealkylation sites (tertiary alicyclic amines) is 1. The van der Waals surface area contributed by atoms with E-state index in [4.69, 9.17) is 0 Å². The fraction of sp³-hybridized carbons (Fsp3) is 1.00. The van der Waals surface area contributed by atoms with Crippen LogP contribution in [0.15, 0.2) is 0 Å². The van der Waals surface area contributed by atoms with Gasteiger partial charge in [-0.15, -0.1) is 0 Å². The highest BCUT2D eigenvalue weighted by atomic mass is 16.3. The Morgan fingerprint density at radius 2 is 1.60 bits per heavy atom. The van der Waals surface area contributed by atoms with Crippen molar-refractivity contribution in [2.45, 2.75) is 70.6 Å². The molecule has 2 rings (SSSR count). The Morgan fingerprint density at radius 3 is 2.27 bits per heavy atom. The molecular weight excluding hydrogens is 186 g/mol. The van der Waals surface area contributed by atoms with Crippen LogP contribution in [0.1, 0.15) is 52.4 Å². The summed E-state index contributed by atoms with van der Waals surface area (Å²) in [5, 5.41) is 9.52. The van der Waals surface area contributed by atoms with Gasteiger partial charge in [0.2, 0.25) is 0 Å². The number of rotatable bonds is 1. The van der Waals surface area contributed by atoms with E-state index in [1.807, 2.05) is 0 Å². The zero-order valence-electron chi connectivity index (χ0n) is 10.2. The highest BCUT2D eigenvalue weighted by molar-refractivity contribution is 4.86. The van der Waals surface area contributed by atoms with Gasteiger partial charge in [0.05, 0.1) is 6.10 Å². The fourth-order valence-electron chi connectivity index (χ4n) is 3.22. The Morgan fingerprint density at radius 1 is 0.933 bits per heavy atom. The van der Waals surface area contributed by atoms with Gasteiger partial charge in [0.15, 0.2) is 0 Å². The van der Waals surface area contributed by atoms with Crippen molar-refractivity contribution in [2.75, 3.05) is 6.54 Å². The van der Waals surface area contributed by atoms with Crippen molar-refractivity contribution in [2.24, 2.45) is 5.92 Å². The molecule has 88 valence electrons. The van der Waals surface area contributed by atoms with Crippen molar-refractivity contribution < 1.29 is 5.11 Å². The molecule has 1 aliphatic carbocycles. The van der Waals surface area contributed by atoms with Gasteiger partial charge < -0.3 is 5.11 Å². The van der Waals surface area contributed by atoms with E-state index >= 15 is 0 Å². The van der Waals surface area contributed by atoms with Crippen LogP contribution in [0.5, 0.6) is 0 Å². The molecule has 0 aromatic carbocycles. The molecule has 2 heteroatoms. The summed E-state index contributed by atoms with van der Waals surface area (Å²) < 4.78 is 0. The monoisotopic (exact) mass is 211 g/mol. The summed E-state index contributed by atoms with van der Waals surface area (Å²) in [5.74, 6) is 0.869. The summed E-state index contributed by atoms with van der Waals surface area (Å²) >= 11 is 0. The predicted molar refractivity (Wildman–Crippen MR) is 62.8 cm³/mol. The van der Waals surface area contributed by atoms with Gasteiger partial charge in [0.25, 0.3) is 0 Å². The van der Waals surface area contributed by atoms with Gasteiger partial charge >= 0.3 is 0 Å². The molecule has 0 aromatic heterocycles. The molecule has 1 aliphatic heterocycles. The van der Waals surface area contributed by atoms with Crippen LogP contribution in [0.25, 0.3) is 0 Å². The molecule has 0 amide bonds. The summed E-state index contributed by atoms with van der Waals surface area (Å²) in [5.41, 5.74) is 0. The lowest BCUT2D eigenvalue weighted by atomic mass is 9.87. The highest BCUT2D eigenvalue weighted by Gasteiger charge is 2.31. The maximum atomic E-state index is 9.52. The third-order valence-corrected chi connectivity index (χ3v) is 4.30. The van der Waals surface area contributed by atoms with E-state index in [0.717, 1.165) is 30.8 Å². The molecule has 0 bridgehead atoms. The van der Waals surface area contributed by atoms with Gasteiger partial charge in [-0.2, -0.15) is 0 Å². The Bertz CT molecular complexity index is 199. The van der Waals surface area contributed by atoms with E-state index in [2.05, 4.69) is 18.7 Å². The van der Waals surface area contributed by atoms with Crippen molar-refractivity contribution in [3.05, 3.63) is 0 Å². The quantitative estimate of drug-likeness (QED) is 0.720. The zero-order chi connectivity index (χ0) is 10.8. The number of aliphatic hydroxyl groups is 1. The van der Waals surface area contributed by atoms with E-state index in [0.29, 0.717) is 0 Å². The highest BCUT2D eigenvalue weighted by Crippen LogP contribution is 2.30. The topological polar surface area (TPSA) is 23.5 Å². The van der Waals surface area contributed by atoms with Gasteiger partial charge in [-0.3, -0.25) is 4.90 Å². The average molecular weight is 211 g/mol. The van der Waals surface area contributed by atoms with Crippen LogP contribution in [-0.2, 0) is 0 Å². The van der Waals surface area contributed by atoms with Crippen LogP contribution in [0, 0.1) is 5.92 Å². The second kappa shape index (κ2) is 4.84. The molecule has 1 heterocycles. The number of piperidine rings is 1. The molecule has 15 heavy (non-hydrogen) atoms. The Hall–Kier alpha value is -0.0800. The van der Waals surface area contributed by atoms with Crippen molar-refractivity contribution in [1.29, 1.82) is 0 Å². The van der Waals surface area contributed by atoms with Crippen LogP contribution < -0.4 is 0 Å². The second-order valence-corrected chi connectivity index (χ2v) is 5.69. The van der Waals surface area contributed by atoms with Gasteiger partial charge in [-0.25, -0.2) is 0 Å². The molecule has 1 saturated heterocycles. The largest absolute Gasteiger partial charge is 0.393 e.